The molecule has 1 N–H and O–H groups in total. The molecule has 25 heavy (non-hydrogen) atoms. The Morgan fingerprint density at radius 2 is 2.04 bits per heavy atom. The highest BCUT2D eigenvalue weighted by atomic mass is 35.5. The maximum absolute atomic E-state index is 12.3. The molecular weight excluding hydrogens is 348 g/mol. The zero-order chi connectivity index (χ0) is 18.1. The summed E-state index contributed by atoms with van der Waals surface area (Å²) in [7, 11) is 0. The predicted octanol–water partition coefficient (Wildman–Crippen LogP) is 3.88. The third-order valence-electron chi connectivity index (χ3n) is 3.62. The number of nitrogens with zero attached hydrogens (tertiary/aromatic N) is 1. The van der Waals surface area contributed by atoms with Crippen LogP contribution in [0.15, 0.2) is 33.2 Å². The van der Waals surface area contributed by atoms with Crippen LogP contribution in [0.4, 0.5) is 5.82 Å². The molecule has 7 nitrogen and oxygen atoms in total. The van der Waals surface area contributed by atoms with Crippen molar-refractivity contribution in [2.45, 2.75) is 26.9 Å². The molecule has 0 saturated heterocycles. The van der Waals surface area contributed by atoms with E-state index >= 15 is 0 Å². The van der Waals surface area contributed by atoms with Gasteiger partial charge in [0.1, 0.15) is 11.3 Å². The van der Waals surface area contributed by atoms with E-state index in [1.54, 1.807) is 38.1 Å². The Balaban J connectivity index is 1.73. The second-order valence-corrected chi connectivity index (χ2v) is 5.99. The Morgan fingerprint density at radius 1 is 1.28 bits per heavy atom. The van der Waals surface area contributed by atoms with Crippen LogP contribution >= 0.6 is 11.6 Å². The Labute approximate surface area is 147 Å². The van der Waals surface area contributed by atoms with Crippen LogP contribution in [0.3, 0.4) is 0 Å². The number of aryl methyl sites for hydroxylation is 2. The van der Waals surface area contributed by atoms with E-state index < -0.39 is 18.0 Å². The van der Waals surface area contributed by atoms with E-state index in [0.717, 1.165) is 5.39 Å². The number of nitrogens with one attached hydrogen (secondary N) is 1. The molecule has 1 aromatic carbocycles. The molecule has 0 saturated carbocycles. The van der Waals surface area contributed by atoms with Gasteiger partial charge in [-0.1, -0.05) is 16.8 Å². The summed E-state index contributed by atoms with van der Waals surface area (Å²) in [5.74, 6) is -0.423. The minimum atomic E-state index is -1.04. The smallest absolute Gasteiger partial charge is 0.375 e. The quantitative estimate of drug-likeness (QED) is 0.708. The zero-order valence-electron chi connectivity index (χ0n) is 13.8. The number of carbonyl (C=O) groups excluding carboxylic acids is 2. The Hall–Kier alpha value is -2.80. The van der Waals surface area contributed by atoms with Crippen molar-refractivity contribution >= 4 is 40.3 Å². The van der Waals surface area contributed by atoms with Gasteiger partial charge in [0.25, 0.3) is 5.91 Å². The highest BCUT2D eigenvalue weighted by Crippen LogP contribution is 2.28. The van der Waals surface area contributed by atoms with Crippen LogP contribution in [0.25, 0.3) is 11.0 Å². The van der Waals surface area contributed by atoms with Gasteiger partial charge in [0.2, 0.25) is 5.76 Å². The third kappa shape index (κ3) is 3.51. The van der Waals surface area contributed by atoms with Crippen molar-refractivity contribution in [1.29, 1.82) is 0 Å². The number of hydrogen-bond acceptors (Lipinski definition) is 6. The number of carbonyl (C=O) groups is 2. The molecule has 0 radical (unpaired) electrons. The third-order valence-corrected chi connectivity index (χ3v) is 3.85. The fourth-order valence-corrected chi connectivity index (χ4v) is 2.48. The molecule has 1 atom stereocenters. The largest absolute Gasteiger partial charge is 0.449 e. The van der Waals surface area contributed by atoms with Gasteiger partial charge in [0, 0.05) is 22.0 Å². The minimum Gasteiger partial charge on any atom is -0.449 e. The molecular formula is C17H15ClN2O5. The molecule has 3 rings (SSSR count). The highest BCUT2D eigenvalue weighted by molar-refractivity contribution is 6.31. The number of amides is 1. The monoisotopic (exact) mass is 362 g/mol. The maximum Gasteiger partial charge on any atom is 0.375 e. The normalized spacial score (nSPS) is 12.2. The standard InChI is InChI=1S/C17H15ClN2O5/c1-8-6-14(20-25-8)19-16(21)10(3)23-17(22)15-9(2)12-7-11(18)4-5-13(12)24-15/h4-7,10H,1-3H3,(H,19,20,21)/t10-/m0/s1. The number of hydrogen-bond donors (Lipinski definition) is 1. The summed E-state index contributed by atoms with van der Waals surface area (Å²) in [6, 6.07) is 6.59. The van der Waals surface area contributed by atoms with Crippen LogP contribution in [-0.2, 0) is 9.53 Å². The number of anilines is 1. The molecule has 2 aromatic heterocycles. The van der Waals surface area contributed by atoms with Gasteiger partial charge < -0.3 is 19.0 Å². The fraction of sp³-hybridized carbons (Fsp3) is 0.235. The van der Waals surface area contributed by atoms with Crippen molar-refractivity contribution in [3.05, 3.63) is 46.4 Å². The van der Waals surface area contributed by atoms with Crippen LogP contribution in [0.5, 0.6) is 0 Å². The number of benzene rings is 1. The van der Waals surface area contributed by atoms with Crippen molar-refractivity contribution in [2.24, 2.45) is 0 Å². The number of esters is 1. The number of furan rings is 1. The van der Waals surface area contributed by atoms with Gasteiger partial charge in [-0.2, -0.15) is 0 Å². The number of halogens is 1. The molecule has 0 aliphatic rings. The SMILES string of the molecule is Cc1cc(NC(=O)[C@H](C)OC(=O)c2oc3ccc(Cl)cc3c2C)no1. The molecule has 0 bridgehead atoms. The van der Waals surface area contributed by atoms with E-state index in [0.29, 0.717) is 21.9 Å². The average Bonchev–Trinajstić information content (AvgIpc) is 3.11. The van der Waals surface area contributed by atoms with Crippen LogP contribution in [0.2, 0.25) is 5.02 Å². The molecule has 0 spiro atoms. The fourth-order valence-electron chi connectivity index (χ4n) is 2.31. The molecule has 3 aromatic rings. The molecule has 8 heteroatoms. The molecule has 1 amide bonds. The first-order chi connectivity index (χ1) is 11.8. The highest BCUT2D eigenvalue weighted by Gasteiger charge is 2.24. The van der Waals surface area contributed by atoms with Gasteiger partial charge in [-0.05, 0) is 39.0 Å². The van der Waals surface area contributed by atoms with Crippen molar-refractivity contribution in [2.75, 3.05) is 5.32 Å². The second-order valence-electron chi connectivity index (χ2n) is 5.56. The van der Waals surface area contributed by atoms with Crippen molar-refractivity contribution in [3.8, 4) is 0 Å². The van der Waals surface area contributed by atoms with E-state index in [9.17, 15) is 9.59 Å². The lowest BCUT2D eigenvalue weighted by Gasteiger charge is -2.11. The van der Waals surface area contributed by atoms with Crippen molar-refractivity contribution in [1.82, 2.24) is 5.16 Å². The van der Waals surface area contributed by atoms with Crippen LogP contribution in [0, 0.1) is 13.8 Å². The minimum absolute atomic E-state index is 0.0363. The topological polar surface area (TPSA) is 94.6 Å². The summed E-state index contributed by atoms with van der Waals surface area (Å²) in [4.78, 5) is 24.4. The van der Waals surface area contributed by atoms with Crippen LogP contribution in [-0.4, -0.2) is 23.1 Å². The van der Waals surface area contributed by atoms with Gasteiger partial charge >= 0.3 is 5.97 Å². The first-order valence-corrected chi connectivity index (χ1v) is 7.86. The molecule has 0 aliphatic carbocycles. The summed E-state index contributed by atoms with van der Waals surface area (Å²) < 4.78 is 15.6. The number of ether oxygens (including phenoxy) is 1. The van der Waals surface area contributed by atoms with Crippen molar-refractivity contribution in [3.63, 3.8) is 0 Å². The van der Waals surface area contributed by atoms with Gasteiger partial charge in [0.15, 0.2) is 11.9 Å². The predicted molar refractivity (Wildman–Crippen MR) is 90.7 cm³/mol. The summed E-state index contributed by atoms with van der Waals surface area (Å²) in [6.07, 6.45) is -1.04. The Kier molecular flexibility index (Phi) is 4.50. The van der Waals surface area contributed by atoms with E-state index in [1.807, 2.05) is 0 Å². The lowest BCUT2D eigenvalue weighted by molar-refractivity contribution is -0.123. The van der Waals surface area contributed by atoms with Gasteiger partial charge in [-0.25, -0.2) is 4.79 Å². The Bertz CT molecular complexity index is 959. The summed E-state index contributed by atoms with van der Waals surface area (Å²) in [5, 5.41) is 7.40. The van der Waals surface area contributed by atoms with Crippen LogP contribution < -0.4 is 5.32 Å². The van der Waals surface area contributed by atoms with Gasteiger partial charge in [0.05, 0.1) is 0 Å². The molecule has 2 heterocycles. The van der Waals surface area contributed by atoms with Crippen molar-refractivity contribution < 1.29 is 23.3 Å². The first-order valence-electron chi connectivity index (χ1n) is 7.49. The second kappa shape index (κ2) is 6.60. The first kappa shape index (κ1) is 17.0. The number of fused-ring (bicyclic) bond motifs is 1. The zero-order valence-corrected chi connectivity index (χ0v) is 14.5. The number of rotatable bonds is 4. The molecule has 0 fully saturated rings. The van der Waals surface area contributed by atoms with E-state index in [1.165, 1.54) is 6.92 Å². The Morgan fingerprint density at radius 3 is 2.72 bits per heavy atom. The van der Waals surface area contributed by atoms with Gasteiger partial charge in [-0.3, -0.25) is 4.79 Å². The van der Waals surface area contributed by atoms with Crippen LogP contribution in [0.1, 0.15) is 28.8 Å². The van der Waals surface area contributed by atoms with E-state index in [4.69, 9.17) is 25.3 Å². The molecule has 130 valence electrons. The summed E-state index contributed by atoms with van der Waals surface area (Å²) in [5.41, 5.74) is 1.12. The lowest BCUT2D eigenvalue weighted by atomic mass is 10.1. The lowest BCUT2D eigenvalue weighted by Crippen LogP contribution is -2.30. The number of aromatic nitrogens is 1. The van der Waals surface area contributed by atoms with Gasteiger partial charge in [-0.15, -0.1) is 0 Å². The molecule has 0 unspecified atom stereocenters. The maximum atomic E-state index is 12.3. The van der Waals surface area contributed by atoms with E-state index in [2.05, 4.69) is 10.5 Å². The van der Waals surface area contributed by atoms with E-state index in [-0.39, 0.29) is 11.6 Å². The summed E-state index contributed by atoms with van der Waals surface area (Å²) >= 11 is 5.96. The average molecular weight is 363 g/mol. The summed E-state index contributed by atoms with van der Waals surface area (Å²) in [6.45, 7) is 4.87. The molecule has 0 aliphatic heterocycles.